The number of benzene rings is 1. The van der Waals surface area contributed by atoms with Crippen molar-refractivity contribution in [2.75, 3.05) is 11.9 Å². The second kappa shape index (κ2) is 8.71. The average Bonchev–Trinajstić information content (AvgIpc) is 3.09. The van der Waals surface area contributed by atoms with Crippen molar-refractivity contribution in [2.45, 2.75) is 30.9 Å². The summed E-state index contributed by atoms with van der Waals surface area (Å²) in [6.45, 7) is 3.01. The summed E-state index contributed by atoms with van der Waals surface area (Å²) in [5, 5.41) is 6.53. The molecule has 3 aromatic rings. The predicted octanol–water partition coefficient (Wildman–Crippen LogP) is 1.46. The number of aryl methyl sites for hydroxylation is 2. The van der Waals surface area contributed by atoms with Crippen LogP contribution in [0.2, 0.25) is 0 Å². The van der Waals surface area contributed by atoms with Gasteiger partial charge in [-0.25, -0.2) is 17.9 Å². The molecule has 0 radical (unpaired) electrons. The molecule has 0 atom stereocenters. The smallest absolute Gasteiger partial charge is 0.341 e. The third-order valence-corrected chi connectivity index (χ3v) is 5.43. The summed E-state index contributed by atoms with van der Waals surface area (Å²) in [5.41, 5.74) is 1.69. The minimum atomic E-state index is -4.72. The van der Waals surface area contributed by atoms with Crippen molar-refractivity contribution in [3.8, 4) is 0 Å². The minimum Gasteiger partial charge on any atom is -0.455 e. The van der Waals surface area contributed by atoms with Gasteiger partial charge in [0, 0.05) is 17.1 Å². The van der Waals surface area contributed by atoms with E-state index < -0.39 is 39.0 Å². The maximum Gasteiger partial charge on any atom is 0.341 e. The molecule has 0 spiro atoms. The Balaban J connectivity index is 1.54. The molecule has 1 aromatic carbocycles. The van der Waals surface area contributed by atoms with Crippen molar-refractivity contribution in [1.82, 2.24) is 19.6 Å². The Bertz CT molecular complexity index is 1240. The molecular formula is C18H17F2N5O5S. The van der Waals surface area contributed by atoms with Gasteiger partial charge >= 0.3 is 11.7 Å². The maximum absolute atomic E-state index is 12.5. The number of amides is 1. The number of nitrogens with zero attached hydrogens (tertiary/aromatic N) is 4. The van der Waals surface area contributed by atoms with E-state index >= 15 is 0 Å². The van der Waals surface area contributed by atoms with Crippen LogP contribution in [0.15, 0.2) is 35.2 Å². The number of sulfone groups is 1. The van der Waals surface area contributed by atoms with Gasteiger partial charge < -0.3 is 10.1 Å². The van der Waals surface area contributed by atoms with Crippen LogP contribution in [0.5, 0.6) is 0 Å². The van der Waals surface area contributed by atoms with Crippen LogP contribution in [-0.4, -0.2) is 52.2 Å². The van der Waals surface area contributed by atoms with E-state index in [4.69, 9.17) is 4.74 Å². The molecule has 0 bridgehead atoms. The molecule has 13 heteroatoms. The first kappa shape index (κ1) is 22.2. The molecule has 0 aliphatic rings. The standard InChI is InChI=1S/C18H17F2N5O5S/c1-10-7-11(2)25-18(21-10)23-14(24-25)8-16(27)30-9-15(26)22-12-3-5-13(6-4-12)31(28,29)17(19)20/h3-7,17H,8-9H2,1-2H3,(H,22,26). The van der Waals surface area contributed by atoms with Crippen LogP contribution < -0.4 is 5.32 Å². The van der Waals surface area contributed by atoms with Crippen molar-refractivity contribution in [2.24, 2.45) is 0 Å². The van der Waals surface area contributed by atoms with Gasteiger partial charge in [-0.05, 0) is 44.2 Å². The molecule has 31 heavy (non-hydrogen) atoms. The largest absolute Gasteiger partial charge is 0.455 e. The highest BCUT2D eigenvalue weighted by molar-refractivity contribution is 7.91. The molecular weight excluding hydrogens is 436 g/mol. The molecule has 0 saturated heterocycles. The molecule has 3 rings (SSSR count). The molecule has 0 aliphatic carbocycles. The molecule has 0 saturated carbocycles. The number of carbonyl (C=O) groups excluding carboxylic acids is 2. The van der Waals surface area contributed by atoms with Crippen LogP contribution in [0.3, 0.4) is 0 Å². The Hall–Kier alpha value is -3.48. The molecule has 0 unspecified atom stereocenters. The summed E-state index contributed by atoms with van der Waals surface area (Å²) in [6, 6.07) is 5.98. The lowest BCUT2D eigenvalue weighted by Crippen LogP contribution is -2.22. The number of hydrogen-bond donors (Lipinski definition) is 1. The van der Waals surface area contributed by atoms with E-state index in [1.54, 1.807) is 6.92 Å². The SMILES string of the molecule is Cc1cc(C)n2nc(CC(=O)OCC(=O)Nc3ccc(S(=O)(=O)C(F)F)cc3)nc2n1. The van der Waals surface area contributed by atoms with E-state index in [2.05, 4.69) is 20.4 Å². The summed E-state index contributed by atoms with van der Waals surface area (Å²) in [5.74, 6) is -4.45. The lowest BCUT2D eigenvalue weighted by Gasteiger charge is -2.07. The first-order chi connectivity index (χ1) is 14.6. The number of anilines is 1. The third kappa shape index (κ3) is 5.17. The fourth-order valence-corrected chi connectivity index (χ4v) is 3.36. The van der Waals surface area contributed by atoms with Gasteiger partial charge in [0.25, 0.3) is 11.7 Å². The Morgan fingerprint density at radius 3 is 2.48 bits per heavy atom. The van der Waals surface area contributed by atoms with Crippen LogP contribution in [0.1, 0.15) is 17.2 Å². The molecule has 0 fully saturated rings. The van der Waals surface area contributed by atoms with E-state index in [1.165, 1.54) is 4.52 Å². The molecule has 164 valence electrons. The molecule has 0 aliphatic heterocycles. The zero-order chi connectivity index (χ0) is 22.8. The van der Waals surface area contributed by atoms with Gasteiger partial charge in [-0.2, -0.15) is 13.8 Å². The van der Waals surface area contributed by atoms with Gasteiger partial charge in [0.2, 0.25) is 9.84 Å². The molecule has 1 amide bonds. The topological polar surface area (TPSA) is 133 Å². The highest BCUT2D eigenvalue weighted by Crippen LogP contribution is 2.20. The van der Waals surface area contributed by atoms with E-state index in [9.17, 15) is 26.8 Å². The van der Waals surface area contributed by atoms with Crippen molar-refractivity contribution in [1.29, 1.82) is 0 Å². The average molecular weight is 453 g/mol. The highest BCUT2D eigenvalue weighted by Gasteiger charge is 2.26. The van der Waals surface area contributed by atoms with E-state index in [0.29, 0.717) is 5.78 Å². The summed E-state index contributed by atoms with van der Waals surface area (Å²) in [4.78, 5) is 31.7. The first-order valence-electron chi connectivity index (χ1n) is 8.84. The second-order valence-corrected chi connectivity index (χ2v) is 8.41. The monoisotopic (exact) mass is 453 g/mol. The number of nitrogens with one attached hydrogen (secondary N) is 1. The zero-order valence-corrected chi connectivity index (χ0v) is 17.2. The highest BCUT2D eigenvalue weighted by atomic mass is 32.2. The van der Waals surface area contributed by atoms with Gasteiger partial charge in [0.05, 0.1) is 4.90 Å². The number of esters is 1. The van der Waals surface area contributed by atoms with E-state index in [-0.39, 0.29) is 17.9 Å². The summed E-state index contributed by atoms with van der Waals surface area (Å²) >= 11 is 0. The van der Waals surface area contributed by atoms with E-state index in [0.717, 1.165) is 35.7 Å². The van der Waals surface area contributed by atoms with Gasteiger partial charge in [0.15, 0.2) is 12.4 Å². The molecule has 10 nitrogen and oxygen atoms in total. The number of ether oxygens (including phenoxy) is 1. The van der Waals surface area contributed by atoms with Crippen molar-refractivity contribution in [3.05, 3.63) is 47.5 Å². The van der Waals surface area contributed by atoms with Crippen molar-refractivity contribution >= 4 is 33.2 Å². The number of rotatable bonds is 7. The van der Waals surface area contributed by atoms with Crippen LogP contribution in [0, 0.1) is 13.8 Å². The zero-order valence-electron chi connectivity index (χ0n) is 16.4. The molecule has 2 heterocycles. The molecule has 2 aromatic heterocycles. The third-order valence-electron chi connectivity index (χ3n) is 4.03. The number of hydrogen-bond acceptors (Lipinski definition) is 8. The predicted molar refractivity (Wildman–Crippen MR) is 103 cm³/mol. The first-order valence-corrected chi connectivity index (χ1v) is 10.4. The summed E-state index contributed by atoms with van der Waals surface area (Å²) in [6.07, 6.45) is -0.269. The van der Waals surface area contributed by atoms with Gasteiger partial charge in [-0.1, -0.05) is 0 Å². The fourth-order valence-electron chi connectivity index (χ4n) is 2.64. The maximum atomic E-state index is 12.5. The van der Waals surface area contributed by atoms with Crippen molar-refractivity contribution in [3.63, 3.8) is 0 Å². The van der Waals surface area contributed by atoms with Gasteiger partial charge in [0.1, 0.15) is 6.42 Å². The Morgan fingerprint density at radius 1 is 1.16 bits per heavy atom. The number of alkyl halides is 2. The number of aromatic nitrogens is 4. The van der Waals surface area contributed by atoms with Gasteiger partial charge in [-0.15, -0.1) is 5.10 Å². The Labute approximate surface area is 175 Å². The number of carbonyl (C=O) groups is 2. The van der Waals surface area contributed by atoms with Crippen LogP contribution in [0.25, 0.3) is 5.78 Å². The minimum absolute atomic E-state index is 0.146. The number of halogens is 2. The summed E-state index contributed by atoms with van der Waals surface area (Å²) in [7, 11) is -4.72. The van der Waals surface area contributed by atoms with Crippen molar-refractivity contribution < 1.29 is 31.5 Å². The summed E-state index contributed by atoms with van der Waals surface area (Å²) < 4.78 is 54.2. The number of fused-ring (bicyclic) bond motifs is 1. The molecule has 1 N–H and O–H groups in total. The second-order valence-electron chi connectivity index (χ2n) is 6.49. The van der Waals surface area contributed by atoms with Crippen LogP contribution in [0.4, 0.5) is 14.5 Å². The van der Waals surface area contributed by atoms with Crippen LogP contribution in [-0.2, 0) is 30.6 Å². The van der Waals surface area contributed by atoms with Gasteiger partial charge in [-0.3, -0.25) is 9.59 Å². The Morgan fingerprint density at radius 2 is 1.84 bits per heavy atom. The fraction of sp³-hybridized carbons (Fsp3) is 0.278. The quantitative estimate of drug-likeness (QED) is 0.532. The lowest BCUT2D eigenvalue weighted by molar-refractivity contribution is -0.146. The van der Waals surface area contributed by atoms with E-state index in [1.807, 2.05) is 13.0 Å². The Kier molecular flexibility index (Phi) is 6.24. The normalized spacial score (nSPS) is 11.6. The van der Waals surface area contributed by atoms with Crippen LogP contribution >= 0.6 is 0 Å². The lowest BCUT2D eigenvalue weighted by atomic mass is 10.3.